The minimum absolute atomic E-state index is 0.0310. The van der Waals surface area contributed by atoms with Crippen LogP contribution in [0.25, 0.3) is 0 Å². The second-order valence-corrected chi connectivity index (χ2v) is 7.10. The number of ether oxygens (including phenoxy) is 3. The topological polar surface area (TPSA) is 77.1 Å². The van der Waals surface area contributed by atoms with E-state index in [1.54, 1.807) is 37.3 Å². The predicted molar refractivity (Wildman–Crippen MR) is 109 cm³/mol. The van der Waals surface area contributed by atoms with Gasteiger partial charge in [0.2, 0.25) is 11.8 Å². The molecule has 2 aromatic carbocycles. The number of rotatable bonds is 7. The van der Waals surface area contributed by atoms with E-state index in [2.05, 4.69) is 5.32 Å². The molecule has 1 heterocycles. The van der Waals surface area contributed by atoms with E-state index in [1.807, 2.05) is 24.3 Å². The van der Waals surface area contributed by atoms with Crippen molar-refractivity contribution in [2.75, 3.05) is 43.9 Å². The van der Waals surface area contributed by atoms with Crippen LogP contribution in [-0.4, -0.2) is 45.5 Å². The van der Waals surface area contributed by atoms with Crippen LogP contribution in [0.2, 0.25) is 0 Å². The van der Waals surface area contributed by atoms with Crippen LogP contribution in [0.4, 0.5) is 11.4 Å². The summed E-state index contributed by atoms with van der Waals surface area (Å²) in [6.07, 6.45) is 0. The summed E-state index contributed by atoms with van der Waals surface area (Å²) in [4.78, 5) is 26.4. The van der Waals surface area contributed by atoms with Crippen LogP contribution in [0.3, 0.4) is 0 Å². The molecule has 7 nitrogen and oxygen atoms in total. The van der Waals surface area contributed by atoms with E-state index >= 15 is 0 Å². The third-order valence-corrected chi connectivity index (χ3v) is 5.48. The van der Waals surface area contributed by atoms with E-state index < -0.39 is 0 Å². The summed E-state index contributed by atoms with van der Waals surface area (Å²) in [5, 5.41) is 2.56. The van der Waals surface area contributed by atoms with Crippen LogP contribution in [-0.2, 0) is 14.3 Å². The Kier molecular flexibility index (Phi) is 6.43. The summed E-state index contributed by atoms with van der Waals surface area (Å²) in [7, 11) is 4.60. The minimum atomic E-state index is -0.297. The highest BCUT2D eigenvalue weighted by molar-refractivity contribution is 8.00. The largest absolute Gasteiger partial charge is 0.497 e. The second-order valence-electron chi connectivity index (χ2n) is 6.03. The van der Waals surface area contributed by atoms with Gasteiger partial charge in [0.25, 0.3) is 0 Å². The number of nitrogens with zero attached hydrogens (tertiary/aromatic N) is 1. The number of nitrogens with one attached hydrogen (secondary N) is 1. The Balaban J connectivity index is 1.99. The highest BCUT2D eigenvalue weighted by atomic mass is 32.2. The molecule has 1 aliphatic heterocycles. The molecule has 0 spiro atoms. The number of carbonyl (C=O) groups excluding carboxylic acids is 2. The van der Waals surface area contributed by atoms with Crippen LogP contribution in [0.5, 0.6) is 11.5 Å². The van der Waals surface area contributed by atoms with E-state index in [1.165, 1.54) is 18.9 Å². The van der Waals surface area contributed by atoms with Crippen LogP contribution in [0.1, 0.15) is 10.9 Å². The van der Waals surface area contributed by atoms with Crippen LogP contribution < -0.4 is 19.7 Å². The van der Waals surface area contributed by atoms with E-state index in [9.17, 15) is 9.59 Å². The van der Waals surface area contributed by atoms with Gasteiger partial charge in [-0.15, -0.1) is 11.8 Å². The van der Waals surface area contributed by atoms with Crippen molar-refractivity contribution < 1.29 is 23.8 Å². The number of thioether (sulfide) groups is 1. The Bertz CT molecular complexity index is 873. The van der Waals surface area contributed by atoms with Gasteiger partial charge in [0.15, 0.2) is 0 Å². The molecule has 0 aromatic heterocycles. The maximum absolute atomic E-state index is 12.7. The highest BCUT2D eigenvalue weighted by Gasteiger charge is 2.37. The maximum atomic E-state index is 12.7. The fraction of sp³-hybridized carbons (Fsp3) is 0.300. The summed E-state index contributed by atoms with van der Waals surface area (Å²) in [5.41, 5.74) is 2.14. The molecule has 148 valence electrons. The lowest BCUT2D eigenvalue weighted by Gasteiger charge is -2.27. The zero-order valence-electron chi connectivity index (χ0n) is 15.9. The number of amides is 2. The van der Waals surface area contributed by atoms with Gasteiger partial charge in [0.1, 0.15) is 23.5 Å². The number of benzene rings is 2. The first-order valence-electron chi connectivity index (χ1n) is 8.62. The maximum Gasteiger partial charge on any atom is 0.250 e. The zero-order chi connectivity index (χ0) is 20.1. The molecule has 0 radical (unpaired) electrons. The van der Waals surface area contributed by atoms with Gasteiger partial charge in [-0.2, -0.15) is 0 Å². The lowest BCUT2D eigenvalue weighted by Crippen LogP contribution is -2.29. The van der Waals surface area contributed by atoms with Crippen molar-refractivity contribution in [3.8, 4) is 11.5 Å². The van der Waals surface area contributed by atoms with Crippen molar-refractivity contribution in [2.24, 2.45) is 0 Å². The molecular formula is C20H22N2O5S. The lowest BCUT2D eigenvalue weighted by molar-refractivity contribution is -0.119. The summed E-state index contributed by atoms with van der Waals surface area (Å²) in [5.74, 6) is 1.24. The van der Waals surface area contributed by atoms with Crippen LogP contribution >= 0.6 is 11.8 Å². The quantitative estimate of drug-likeness (QED) is 0.767. The molecule has 0 saturated carbocycles. The number of hydrogen-bond donors (Lipinski definition) is 1. The van der Waals surface area contributed by atoms with Crippen molar-refractivity contribution in [1.29, 1.82) is 0 Å². The third-order valence-electron chi connectivity index (χ3n) is 4.29. The zero-order valence-corrected chi connectivity index (χ0v) is 16.7. The standard InChI is InChI=1S/C20H22N2O5S/c1-25-11-18(23)21-15-7-5-4-6-14(15)20-22(19(24)12-28-20)16-9-8-13(26-2)10-17(16)27-3/h4-10,20H,11-12H2,1-3H3,(H,21,23)/t20-/m0/s1. The molecule has 1 N–H and O–H groups in total. The number of anilines is 2. The smallest absolute Gasteiger partial charge is 0.250 e. The Hall–Kier alpha value is -2.71. The average Bonchev–Trinajstić information content (AvgIpc) is 3.09. The average molecular weight is 402 g/mol. The normalized spacial score (nSPS) is 16.2. The monoisotopic (exact) mass is 402 g/mol. The molecule has 8 heteroatoms. The fourth-order valence-electron chi connectivity index (χ4n) is 3.04. The molecular weight excluding hydrogens is 380 g/mol. The first-order chi connectivity index (χ1) is 13.6. The number of methoxy groups -OCH3 is 3. The fourth-order valence-corrected chi connectivity index (χ4v) is 4.25. The Morgan fingerprint density at radius 3 is 2.68 bits per heavy atom. The molecule has 0 bridgehead atoms. The predicted octanol–water partition coefficient (Wildman–Crippen LogP) is 3.07. The third kappa shape index (κ3) is 4.07. The Labute approximate surface area is 167 Å². The molecule has 1 aliphatic rings. The van der Waals surface area contributed by atoms with Crippen molar-refractivity contribution in [1.82, 2.24) is 0 Å². The van der Waals surface area contributed by atoms with Gasteiger partial charge in [-0.3, -0.25) is 14.5 Å². The minimum Gasteiger partial charge on any atom is -0.497 e. The lowest BCUT2D eigenvalue weighted by atomic mass is 10.1. The van der Waals surface area contributed by atoms with Crippen molar-refractivity contribution in [2.45, 2.75) is 5.37 Å². The van der Waals surface area contributed by atoms with Crippen molar-refractivity contribution in [3.63, 3.8) is 0 Å². The van der Waals surface area contributed by atoms with E-state index in [4.69, 9.17) is 14.2 Å². The molecule has 2 aromatic rings. The van der Waals surface area contributed by atoms with E-state index in [0.29, 0.717) is 28.6 Å². The summed E-state index contributed by atoms with van der Waals surface area (Å²) in [6.45, 7) is -0.0406. The molecule has 1 atom stereocenters. The SMILES string of the molecule is COCC(=O)Nc1ccccc1[C@@H]1SCC(=O)N1c1ccc(OC)cc1OC. The van der Waals surface area contributed by atoms with E-state index in [-0.39, 0.29) is 23.8 Å². The van der Waals surface area contributed by atoms with Crippen LogP contribution in [0.15, 0.2) is 42.5 Å². The number of hydrogen-bond acceptors (Lipinski definition) is 6. The van der Waals surface area contributed by atoms with Gasteiger partial charge in [0.05, 0.1) is 25.7 Å². The Morgan fingerprint density at radius 1 is 1.18 bits per heavy atom. The number of para-hydroxylation sites is 1. The van der Waals surface area contributed by atoms with Gasteiger partial charge in [0, 0.05) is 24.4 Å². The summed E-state index contributed by atoms with van der Waals surface area (Å²) >= 11 is 1.50. The van der Waals surface area contributed by atoms with Crippen LogP contribution in [0, 0.1) is 0 Å². The first kappa shape index (κ1) is 20.0. The highest BCUT2D eigenvalue weighted by Crippen LogP contribution is 2.47. The second kappa shape index (κ2) is 8.99. The molecule has 1 fully saturated rings. The van der Waals surface area contributed by atoms with Gasteiger partial charge >= 0.3 is 0 Å². The molecule has 3 rings (SSSR count). The van der Waals surface area contributed by atoms with Gasteiger partial charge < -0.3 is 19.5 Å². The van der Waals surface area contributed by atoms with Gasteiger partial charge in [-0.1, -0.05) is 18.2 Å². The number of carbonyl (C=O) groups is 2. The van der Waals surface area contributed by atoms with E-state index in [0.717, 1.165) is 5.56 Å². The summed E-state index contributed by atoms with van der Waals surface area (Å²) < 4.78 is 15.6. The van der Waals surface area contributed by atoms with Crippen molar-refractivity contribution >= 4 is 35.0 Å². The molecule has 2 amide bonds. The first-order valence-corrected chi connectivity index (χ1v) is 9.67. The molecule has 28 heavy (non-hydrogen) atoms. The summed E-state index contributed by atoms with van der Waals surface area (Å²) in [6, 6.07) is 12.8. The van der Waals surface area contributed by atoms with Gasteiger partial charge in [-0.05, 0) is 18.2 Å². The van der Waals surface area contributed by atoms with Crippen molar-refractivity contribution in [3.05, 3.63) is 48.0 Å². The Morgan fingerprint density at radius 2 is 1.96 bits per heavy atom. The molecule has 0 unspecified atom stereocenters. The molecule has 1 saturated heterocycles. The molecule has 0 aliphatic carbocycles. The van der Waals surface area contributed by atoms with Gasteiger partial charge in [-0.25, -0.2) is 0 Å².